The molecule has 0 aliphatic carbocycles. The van der Waals surface area contributed by atoms with Crippen LogP contribution in [-0.4, -0.2) is 8.42 Å². The molecule has 0 N–H and O–H groups in total. The zero-order valence-electron chi connectivity index (χ0n) is 6.10. The number of benzene rings is 1. The Labute approximate surface area is 69.8 Å². The van der Waals surface area contributed by atoms with Gasteiger partial charge in [-0.25, -0.2) is 0 Å². The maximum atomic E-state index is 11.4. The second-order valence-electron chi connectivity index (χ2n) is 2.25. The summed E-state index contributed by atoms with van der Waals surface area (Å²) in [5.41, 5.74) is 0.496. The van der Waals surface area contributed by atoms with Crippen molar-refractivity contribution >= 4 is 10.1 Å². The SMILES string of the molecule is O=S(=O)(Cc1ccccc1)OF. The van der Waals surface area contributed by atoms with Gasteiger partial charge in [0.1, 0.15) is 5.75 Å². The third-order valence-electron chi connectivity index (χ3n) is 1.28. The summed E-state index contributed by atoms with van der Waals surface area (Å²) in [5, 5.41) is 0. The van der Waals surface area contributed by atoms with Gasteiger partial charge in [-0.3, -0.25) is 0 Å². The van der Waals surface area contributed by atoms with Crippen LogP contribution >= 0.6 is 0 Å². The quantitative estimate of drug-likeness (QED) is 0.723. The molecule has 0 saturated heterocycles. The fraction of sp³-hybridized carbons (Fsp3) is 0.143. The molecule has 5 heteroatoms. The fourth-order valence-electron chi connectivity index (χ4n) is 0.801. The van der Waals surface area contributed by atoms with Gasteiger partial charge in [-0.1, -0.05) is 34.7 Å². The Bertz CT molecular complexity index is 333. The van der Waals surface area contributed by atoms with Gasteiger partial charge in [0.25, 0.3) is 0 Å². The first-order valence-electron chi connectivity index (χ1n) is 3.21. The highest BCUT2D eigenvalue weighted by Gasteiger charge is 2.11. The van der Waals surface area contributed by atoms with Crippen LogP contribution in [0.25, 0.3) is 0 Å². The molecule has 66 valence electrons. The molecule has 0 bridgehead atoms. The molecule has 0 heterocycles. The van der Waals surface area contributed by atoms with Crippen molar-refractivity contribution in [3.05, 3.63) is 35.9 Å². The predicted octanol–water partition coefficient (Wildman–Crippen LogP) is 1.42. The highest BCUT2D eigenvalue weighted by Crippen LogP contribution is 2.06. The molecule has 0 aliphatic rings. The molecule has 0 spiro atoms. The zero-order valence-corrected chi connectivity index (χ0v) is 6.92. The number of halogens is 1. The molecule has 1 aromatic rings. The van der Waals surface area contributed by atoms with E-state index in [0.29, 0.717) is 5.56 Å². The van der Waals surface area contributed by atoms with Gasteiger partial charge in [0, 0.05) is 0 Å². The molecule has 1 aromatic carbocycles. The summed E-state index contributed by atoms with van der Waals surface area (Å²) in [7, 11) is -4.04. The fourth-order valence-corrected chi connectivity index (χ4v) is 1.45. The first-order valence-corrected chi connectivity index (χ1v) is 4.78. The summed E-state index contributed by atoms with van der Waals surface area (Å²) in [5.74, 6) is -0.440. The van der Waals surface area contributed by atoms with Gasteiger partial charge < -0.3 is 0 Å². The van der Waals surface area contributed by atoms with Crippen molar-refractivity contribution in [2.75, 3.05) is 0 Å². The highest BCUT2D eigenvalue weighted by atomic mass is 32.2. The molecule has 1 rings (SSSR count). The van der Waals surface area contributed by atoms with E-state index >= 15 is 0 Å². The highest BCUT2D eigenvalue weighted by molar-refractivity contribution is 7.85. The van der Waals surface area contributed by atoms with Crippen molar-refractivity contribution in [1.29, 1.82) is 0 Å². The Hall–Kier alpha value is -0.940. The van der Waals surface area contributed by atoms with Crippen LogP contribution in [0.1, 0.15) is 5.56 Å². The second-order valence-corrected chi connectivity index (χ2v) is 3.78. The van der Waals surface area contributed by atoms with E-state index in [-0.39, 0.29) is 0 Å². The zero-order chi connectivity index (χ0) is 9.03. The van der Waals surface area contributed by atoms with E-state index in [2.05, 4.69) is 4.39 Å². The minimum atomic E-state index is -4.04. The van der Waals surface area contributed by atoms with E-state index in [1.807, 2.05) is 0 Å². The monoisotopic (exact) mass is 190 g/mol. The molecule has 0 radical (unpaired) electrons. The lowest BCUT2D eigenvalue weighted by Crippen LogP contribution is -2.03. The van der Waals surface area contributed by atoms with E-state index in [1.54, 1.807) is 30.3 Å². The largest absolute Gasteiger partial charge is 0.302 e. The standard InChI is InChI=1S/C7H7FO3S/c8-11-12(9,10)6-7-4-2-1-3-5-7/h1-5H,6H2. The summed E-state index contributed by atoms with van der Waals surface area (Å²) in [4.78, 5) is 0. The van der Waals surface area contributed by atoms with Gasteiger partial charge in [0.15, 0.2) is 0 Å². The first kappa shape index (κ1) is 9.15. The average molecular weight is 190 g/mol. The number of hydrogen-bond acceptors (Lipinski definition) is 3. The van der Waals surface area contributed by atoms with E-state index in [9.17, 15) is 12.9 Å². The first-order chi connectivity index (χ1) is 5.64. The van der Waals surface area contributed by atoms with Crippen LogP contribution in [-0.2, 0) is 20.3 Å². The van der Waals surface area contributed by atoms with Crippen LogP contribution in [0.3, 0.4) is 0 Å². The van der Waals surface area contributed by atoms with E-state index in [4.69, 9.17) is 0 Å². The summed E-state index contributed by atoms with van der Waals surface area (Å²) in [6, 6.07) is 8.24. The van der Waals surface area contributed by atoms with Crippen molar-refractivity contribution in [2.45, 2.75) is 5.75 Å². The smallest absolute Gasteiger partial charge is 0.196 e. The topological polar surface area (TPSA) is 43.4 Å². The molecule has 0 unspecified atom stereocenters. The number of hydrogen-bond donors (Lipinski definition) is 0. The summed E-state index contributed by atoms with van der Waals surface area (Å²) >= 11 is 0. The van der Waals surface area contributed by atoms with Crippen LogP contribution < -0.4 is 0 Å². The van der Waals surface area contributed by atoms with Crippen molar-refractivity contribution < 1.29 is 17.3 Å². The molecule has 3 nitrogen and oxygen atoms in total. The molecule has 0 aromatic heterocycles. The van der Waals surface area contributed by atoms with Gasteiger partial charge in [0.2, 0.25) is 0 Å². The molecular formula is C7H7FO3S. The normalized spacial score (nSPS) is 11.4. The summed E-state index contributed by atoms with van der Waals surface area (Å²) < 4.78 is 35.3. The molecular weight excluding hydrogens is 183 g/mol. The Morgan fingerprint density at radius 3 is 2.33 bits per heavy atom. The molecule has 0 saturated carbocycles. The lowest BCUT2D eigenvalue weighted by atomic mass is 10.2. The van der Waals surface area contributed by atoms with Crippen LogP contribution in [0.4, 0.5) is 4.53 Å². The Morgan fingerprint density at radius 1 is 1.25 bits per heavy atom. The predicted molar refractivity (Wildman–Crippen MR) is 41.3 cm³/mol. The molecule has 0 aliphatic heterocycles. The average Bonchev–Trinajstić information content (AvgIpc) is 2.06. The van der Waals surface area contributed by atoms with E-state index < -0.39 is 15.9 Å². The Morgan fingerprint density at radius 2 is 1.83 bits per heavy atom. The van der Waals surface area contributed by atoms with E-state index in [0.717, 1.165) is 0 Å². The van der Waals surface area contributed by atoms with Gasteiger partial charge in [-0.2, -0.15) is 8.42 Å². The van der Waals surface area contributed by atoms with Crippen LogP contribution in [0.5, 0.6) is 0 Å². The van der Waals surface area contributed by atoms with Crippen molar-refractivity contribution in [3.8, 4) is 0 Å². The molecule has 0 atom stereocenters. The van der Waals surface area contributed by atoms with Gasteiger partial charge in [-0.15, -0.1) is 0 Å². The van der Waals surface area contributed by atoms with Crippen molar-refractivity contribution in [3.63, 3.8) is 0 Å². The molecule has 0 amide bonds. The number of rotatable bonds is 3. The van der Waals surface area contributed by atoms with Gasteiger partial charge >= 0.3 is 10.1 Å². The van der Waals surface area contributed by atoms with Gasteiger partial charge in [0.05, 0.1) is 0 Å². The van der Waals surface area contributed by atoms with Crippen LogP contribution in [0.15, 0.2) is 30.3 Å². The lowest BCUT2D eigenvalue weighted by Gasteiger charge is -1.96. The molecule has 0 fully saturated rings. The third-order valence-corrected chi connectivity index (χ3v) is 2.16. The third kappa shape index (κ3) is 2.60. The minimum Gasteiger partial charge on any atom is -0.196 e. The lowest BCUT2D eigenvalue weighted by molar-refractivity contribution is 0.00258. The molecule has 12 heavy (non-hydrogen) atoms. The maximum absolute atomic E-state index is 11.4. The van der Waals surface area contributed by atoms with Crippen molar-refractivity contribution in [1.82, 2.24) is 0 Å². The van der Waals surface area contributed by atoms with Crippen LogP contribution in [0, 0.1) is 0 Å². The summed E-state index contributed by atoms with van der Waals surface area (Å²) in [6.45, 7) is 0. The van der Waals surface area contributed by atoms with Gasteiger partial charge in [-0.05, 0) is 10.1 Å². The Kier molecular flexibility index (Phi) is 2.78. The van der Waals surface area contributed by atoms with E-state index in [1.165, 1.54) is 0 Å². The van der Waals surface area contributed by atoms with Crippen LogP contribution in [0.2, 0.25) is 0 Å². The maximum Gasteiger partial charge on any atom is 0.302 e. The summed E-state index contributed by atoms with van der Waals surface area (Å²) in [6.07, 6.45) is 0. The van der Waals surface area contributed by atoms with Crippen molar-refractivity contribution in [2.24, 2.45) is 0 Å². The Balaban J connectivity index is 2.78. The minimum absolute atomic E-state index is 0.440. The second kappa shape index (κ2) is 3.64.